The fraction of sp³-hybridized carbons (Fsp3) is 0.600. The first-order valence-corrected chi connectivity index (χ1v) is 7.55. The molecule has 1 spiro atoms. The van der Waals surface area contributed by atoms with Gasteiger partial charge in [0, 0.05) is 6.42 Å². The van der Waals surface area contributed by atoms with Gasteiger partial charge in [0.1, 0.15) is 11.3 Å². The number of furan rings is 1. The molecule has 120 valence electrons. The molecule has 1 fully saturated rings. The summed E-state index contributed by atoms with van der Waals surface area (Å²) in [5.41, 5.74) is -1.68. The topological polar surface area (TPSA) is 95.3 Å². The standard InChI is InChI=1S/C15H21N3O4/c1-14(2)13(11-7-6-10-22-11)17(20)15(18(14)21)9-5-3-4-8-12(15)16-19/h6-7,10,19,21H,3-5,8-9H2,1-2H3/b16-12-. The number of hydroxylamine groups is 3. The Hall–Kier alpha value is -1.86. The lowest BCUT2D eigenvalue weighted by Crippen LogP contribution is -2.59. The van der Waals surface area contributed by atoms with Gasteiger partial charge in [0.2, 0.25) is 0 Å². The maximum Gasteiger partial charge on any atom is 0.294 e. The predicted octanol–water partition coefficient (Wildman–Crippen LogP) is 2.55. The van der Waals surface area contributed by atoms with Crippen molar-refractivity contribution in [2.45, 2.75) is 57.2 Å². The summed E-state index contributed by atoms with van der Waals surface area (Å²) < 4.78 is 6.16. The number of oxime groups is 1. The van der Waals surface area contributed by atoms with E-state index >= 15 is 0 Å². The third-order valence-electron chi connectivity index (χ3n) is 4.77. The van der Waals surface area contributed by atoms with E-state index < -0.39 is 11.2 Å². The Balaban J connectivity index is 2.23. The zero-order chi connectivity index (χ0) is 16.0. The van der Waals surface area contributed by atoms with Crippen LogP contribution >= 0.6 is 0 Å². The smallest absolute Gasteiger partial charge is 0.294 e. The monoisotopic (exact) mass is 307 g/mol. The highest BCUT2D eigenvalue weighted by atomic mass is 16.6. The van der Waals surface area contributed by atoms with Crippen LogP contribution in [0.15, 0.2) is 28.0 Å². The molecule has 7 heteroatoms. The van der Waals surface area contributed by atoms with Crippen LogP contribution in [0.1, 0.15) is 51.7 Å². The van der Waals surface area contributed by atoms with E-state index in [0.717, 1.165) is 29.1 Å². The third-order valence-corrected chi connectivity index (χ3v) is 4.77. The first-order valence-electron chi connectivity index (χ1n) is 7.55. The summed E-state index contributed by atoms with van der Waals surface area (Å²) in [6.07, 6.45) is 4.91. The fourth-order valence-corrected chi connectivity index (χ4v) is 3.66. The lowest BCUT2D eigenvalue weighted by molar-refractivity contribution is -0.567. The van der Waals surface area contributed by atoms with Gasteiger partial charge in [0.05, 0.1) is 6.26 Å². The molecule has 1 aliphatic carbocycles. The van der Waals surface area contributed by atoms with E-state index in [1.807, 2.05) is 0 Å². The minimum absolute atomic E-state index is 0.303. The SMILES string of the molecule is CC1(C)C(c2ccco2)=[N+]([O-])C2(CCCCC/C2=N/O)N1O. The van der Waals surface area contributed by atoms with E-state index in [1.165, 1.54) is 6.26 Å². The molecule has 1 unspecified atom stereocenters. The van der Waals surface area contributed by atoms with Crippen molar-refractivity contribution >= 4 is 11.4 Å². The Morgan fingerprint density at radius 2 is 2.14 bits per heavy atom. The molecule has 2 aliphatic rings. The molecule has 7 nitrogen and oxygen atoms in total. The molecule has 0 radical (unpaired) electrons. The van der Waals surface area contributed by atoms with Gasteiger partial charge in [0.25, 0.3) is 11.4 Å². The van der Waals surface area contributed by atoms with Gasteiger partial charge in [-0.3, -0.25) is 0 Å². The second kappa shape index (κ2) is 5.10. The Morgan fingerprint density at radius 1 is 1.36 bits per heavy atom. The van der Waals surface area contributed by atoms with E-state index in [4.69, 9.17) is 4.42 Å². The second-order valence-corrected chi connectivity index (χ2v) is 6.42. The molecule has 2 N–H and O–H groups in total. The number of rotatable bonds is 1. The van der Waals surface area contributed by atoms with Gasteiger partial charge in [-0.15, -0.1) is 5.06 Å². The Morgan fingerprint density at radius 3 is 2.77 bits per heavy atom. The van der Waals surface area contributed by atoms with Crippen LogP contribution in [-0.4, -0.2) is 42.8 Å². The largest absolute Gasteiger partial charge is 0.622 e. The van der Waals surface area contributed by atoms with E-state index in [0.29, 0.717) is 30.0 Å². The molecule has 1 saturated carbocycles. The van der Waals surface area contributed by atoms with Crippen LogP contribution in [0, 0.1) is 5.21 Å². The summed E-state index contributed by atoms with van der Waals surface area (Å²) in [6.45, 7) is 3.51. The van der Waals surface area contributed by atoms with Gasteiger partial charge in [-0.2, -0.15) is 4.74 Å². The quantitative estimate of drug-likeness (QED) is 0.360. The zero-order valence-corrected chi connectivity index (χ0v) is 12.8. The molecule has 1 aromatic heterocycles. The normalized spacial score (nSPS) is 31.1. The highest BCUT2D eigenvalue weighted by Crippen LogP contribution is 2.41. The average Bonchev–Trinajstić information content (AvgIpc) is 2.96. The van der Waals surface area contributed by atoms with E-state index in [2.05, 4.69) is 5.16 Å². The molecule has 1 aromatic rings. The fourth-order valence-electron chi connectivity index (χ4n) is 3.66. The summed E-state index contributed by atoms with van der Waals surface area (Å²) in [5, 5.41) is 37.8. The van der Waals surface area contributed by atoms with E-state index in [1.54, 1.807) is 26.0 Å². The molecule has 1 atom stereocenters. The molecule has 0 amide bonds. The van der Waals surface area contributed by atoms with Crippen molar-refractivity contribution in [3.63, 3.8) is 0 Å². The van der Waals surface area contributed by atoms with Gasteiger partial charge in [0.15, 0.2) is 5.76 Å². The molecular formula is C15H21N3O4. The molecule has 3 rings (SSSR count). The summed E-state index contributed by atoms with van der Waals surface area (Å²) in [4.78, 5) is 0. The summed E-state index contributed by atoms with van der Waals surface area (Å²) in [5.74, 6) is 0.414. The molecule has 1 aliphatic heterocycles. The van der Waals surface area contributed by atoms with Gasteiger partial charge >= 0.3 is 0 Å². The number of nitrogens with zero attached hydrogens (tertiary/aromatic N) is 3. The van der Waals surface area contributed by atoms with Crippen LogP contribution in [0.5, 0.6) is 0 Å². The van der Waals surface area contributed by atoms with Crippen molar-refractivity contribution in [1.82, 2.24) is 5.06 Å². The first-order chi connectivity index (χ1) is 10.5. The van der Waals surface area contributed by atoms with Crippen molar-refractivity contribution in [2.75, 3.05) is 0 Å². The van der Waals surface area contributed by atoms with Crippen LogP contribution < -0.4 is 0 Å². The number of hydrogen-bond donors (Lipinski definition) is 2. The molecule has 2 heterocycles. The second-order valence-electron chi connectivity index (χ2n) is 6.42. The lowest BCUT2D eigenvalue weighted by atomic mass is 9.94. The lowest BCUT2D eigenvalue weighted by Gasteiger charge is -2.34. The van der Waals surface area contributed by atoms with Crippen LogP contribution in [0.3, 0.4) is 0 Å². The molecule has 22 heavy (non-hydrogen) atoms. The third kappa shape index (κ3) is 1.82. The maximum atomic E-state index is 13.2. The Kier molecular flexibility index (Phi) is 3.49. The van der Waals surface area contributed by atoms with Crippen LogP contribution in [0.25, 0.3) is 0 Å². The summed E-state index contributed by atoms with van der Waals surface area (Å²) in [6, 6.07) is 3.40. The van der Waals surface area contributed by atoms with Crippen LogP contribution in [0.4, 0.5) is 0 Å². The zero-order valence-electron chi connectivity index (χ0n) is 12.8. The van der Waals surface area contributed by atoms with Crippen molar-refractivity contribution in [3.05, 3.63) is 29.4 Å². The first kappa shape index (κ1) is 15.1. The van der Waals surface area contributed by atoms with Crippen LogP contribution in [-0.2, 0) is 0 Å². The minimum atomic E-state index is -1.36. The van der Waals surface area contributed by atoms with Gasteiger partial charge in [-0.25, -0.2) is 0 Å². The average molecular weight is 307 g/mol. The Bertz CT molecular complexity index is 621. The Labute approximate surface area is 128 Å². The highest BCUT2D eigenvalue weighted by molar-refractivity contribution is 6.05. The van der Waals surface area contributed by atoms with Crippen LogP contribution in [0.2, 0.25) is 0 Å². The van der Waals surface area contributed by atoms with Crippen molar-refractivity contribution in [3.8, 4) is 0 Å². The molecule has 0 bridgehead atoms. The van der Waals surface area contributed by atoms with E-state index in [9.17, 15) is 15.6 Å². The summed E-state index contributed by atoms with van der Waals surface area (Å²) >= 11 is 0. The van der Waals surface area contributed by atoms with Crippen molar-refractivity contribution in [2.24, 2.45) is 5.16 Å². The highest BCUT2D eigenvalue weighted by Gasteiger charge is 2.65. The summed E-state index contributed by atoms with van der Waals surface area (Å²) in [7, 11) is 0. The van der Waals surface area contributed by atoms with Gasteiger partial charge in [-0.05, 0) is 45.2 Å². The van der Waals surface area contributed by atoms with Gasteiger partial charge < -0.3 is 20.0 Å². The van der Waals surface area contributed by atoms with Crippen molar-refractivity contribution in [1.29, 1.82) is 0 Å². The number of hydrogen-bond acceptors (Lipinski definition) is 6. The predicted molar refractivity (Wildman–Crippen MR) is 79.2 cm³/mol. The molecule has 0 saturated heterocycles. The maximum absolute atomic E-state index is 13.2. The molecular weight excluding hydrogens is 286 g/mol. The van der Waals surface area contributed by atoms with Gasteiger partial charge in [-0.1, -0.05) is 11.6 Å². The van der Waals surface area contributed by atoms with E-state index in [-0.39, 0.29) is 0 Å². The van der Waals surface area contributed by atoms with Crippen molar-refractivity contribution < 1.29 is 19.6 Å². The minimum Gasteiger partial charge on any atom is -0.622 e. The molecule has 0 aromatic carbocycles.